The fraction of sp³-hybridized carbons (Fsp3) is 0.417. The molecule has 0 N–H and O–H groups in total. The molecule has 0 spiro atoms. The minimum atomic E-state index is -0.194. The van der Waals surface area contributed by atoms with Gasteiger partial charge in [-0.15, -0.1) is 0 Å². The highest BCUT2D eigenvalue weighted by molar-refractivity contribution is 5.79. The maximum absolute atomic E-state index is 12.0. The second-order valence-electron chi connectivity index (χ2n) is 8.42. The van der Waals surface area contributed by atoms with Gasteiger partial charge in [-0.2, -0.15) is 4.98 Å². The summed E-state index contributed by atoms with van der Waals surface area (Å²) >= 11 is 0. The molecule has 160 valence electrons. The van der Waals surface area contributed by atoms with Crippen LogP contribution in [0.4, 0.5) is 11.5 Å². The number of nitrogens with zero attached hydrogens (tertiary/aromatic N) is 6. The largest absolute Gasteiger partial charge is 0.359 e. The van der Waals surface area contributed by atoms with Crippen LogP contribution in [-0.4, -0.2) is 51.0 Å². The second-order valence-corrected chi connectivity index (χ2v) is 8.42. The van der Waals surface area contributed by atoms with Gasteiger partial charge in [0.15, 0.2) is 5.82 Å². The number of carbonyl (C=O) groups excluding carboxylic acids is 1. The Kier molecular flexibility index (Phi) is 5.18. The highest BCUT2D eigenvalue weighted by Gasteiger charge is 2.41. The fourth-order valence-corrected chi connectivity index (χ4v) is 5.16. The molecule has 0 radical (unpaired) electrons. The van der Waals surface area contributed by atoms with Crippen LogP contribution in [0.5, 0.6) is 0 Å². The molecule has 1 saturated carbocycles. The lowest BCUT2D eigenvalue weighted by Crippen LogP contribution is -2.58. The van der Waals surface area contributed by atoms with Gasteiger partial charge < -0.3 is 14.6 Å². The predicted molar refractivity (Wildman–Crippen MR) is 122 cm³/mol. The van der Waals surface area contributed by atoms with Crippen LogP contribution in [0.15, 0.2) is 48.9 Å². The Bertz CT molecular complexity index is 1060. The average molecular weight is 417 g/mol. The van der Waals surface area contributed by atoms with E-state index in [-0.39, 0.29) is 12.1 Å². The van der Waals surface area contributed by atoms with Crippen molar-refractivity contribution in [3.05, 3.63) is 48.9 Å². The summed E-state index contributed by atoms with van der Waals surface area (Å²) in [5.41, 5.74) is 1.94. The zero-order chi connectivity index (χ0) is 21.4. The summed E-state index contributed by atoms with van der Waals surface area (Å²) in [7, 11) is 1.97. The molecule has 31 heavy (non-hydrogen) atoms. The lowest BCUT2D eigenvalue weighted by Gasteiger charge is -2.48. The van der Waals surface area contributed by atoms with E-state index in [4.69, 9.17) is 4.98 Å². The molecule has 1 aliphatic heterocycles. The molecule has 2 aliphatic rings. The lowest BCUT2D eigenvalue weighted by atomic mass is 9.97. The smallest absolute Gasteiger partial charge is 0.237 e. The predicted octanol–water partition coefficient (Wildman–Crippen LogP) is 3.87. The van der Waals surface area contributed by atoms with Crippen molar-refractivity contribution in [2.75, 3.05) is 16.8 Å². The third-order valence-corrected chi connectivity index (χ3v) is 6.72. The van der Waals surface area contributed by atoms with Crippen molar-refractivity contribution in [3.8, 4) is 17.3 Å². The Morgan fingerprint density at radius 3 is 2.61 bits per heavy atom. The number of aromatic nitrogens is 4. The number of likely N-dealkylation sites (N-methyl/N-ethyl adjacent to an activating group) is 1. The van der Waals surface area contributed by atoms with Crippen LogP contribution in [-0.2, 0) is 4.79 Å². The Morgan fingerprint density at radius 2 is 1.90 bits per heavy atom. The van der Waals surface area contributed by atoms with Crippen molar-refractivity contribution in [3.63, 3.8) is 0 Å². The molecule has 2 aromatic heterocycles. The molecule has 2 unspecified atom stereocenters. The quantitative estimate of drug-likeness (QED) is 0.588. The third kappa shape index (κ3) is 3.28. The van der Waals surface area contributed by atoms with Crippen LogP contribution < -0.4 is 9.80 Å². The average Bonchev–Trinajstić information content (AvgIpc) is 3.51. The molecular weight excluding hydrogens is 388 g/mol. The standard InChI is InChI=1S/C24H28N6O/c1-3-19-21(16-31)28(2)20-15-26-24(27-23(20)30(19)18-11-7-8-12-18)29-14-13-25-22(29)17-9-5-4-6-10-17/h4-6,9-10,13-16,18-19,21H,3,7-8,11-12H2,1-2H3. The van der Waals surface area contributed by atoms with E-state index in [0.29, 0.717) is 12.0 Å². The summed E-state index contributed by atoms with van der Waals surface area (Å²) in [5.74, 6) is 2.35. The normalized spacial score (nSPS) is 21.4. The summed E-state index contributed by atoms with van der Waals surface area (Å²) < 4.78 is 1.94. The van der Waals surface area contributed by atoms with Gasteiger partial charge >= 0.3 is 0 Å². The van der Waals surface area contributed by atoms with Crippen LogP contribution >= 0.6 is 0 Å². The van der Waals surface area contributed by atoms with Crippen molar-refractivity contribution >= 4 is 17.8 Å². The van der Waals surface area contributed by atoms with Crippen LogP contribution in [0.2, 0.25) is 0 Å². The minimum Gasteiger partial charge on any atom is -0.359 e. The Labute approximate surface area is 182 Å². The van der Waals surface area contributed by atoms with Gasteiger partial charge in [0.2, 0.25) is 5.95 Å². The zero-order valence-corrected chi connectivity index (χ0v) is 18.1. The molecule has 1 fully saturated rings. The van der Waals surface area contributed by atoms with Gasteiger partial charge in [0, 0.05) is 31.0 Å². The first-order valence-corrected chi connectivity index (χ1v) is 11.2. The van der Waals surface area contributed by atoms with Crippen molar-refractivity contribution < 1.29 is 4.79 Å². The van der Waals surface area contributed by atoms with E-state index in [1.807, 2.05) is 59.2 Å². The van der Waals surface area contributed by atoms with Gasteiger partial charge in [0.05, 0.1) is 17.9 Å². The van der Waals surface area contributed by atoms with Crippen molar-refractivity contribution in [1.29, 1.82) is 0 Å². The minimum absolute atomic E-state index is 0.109. The van der Waals surface area contributed by atoms with E-state index in [2.05, 4.69) is 21.8 Å². The summed E-state index contributed by atoms with van der Waals surface area (Å²) in [5, 5.41) is 0. The number of rotatable bonds is 5. The topological polar surface area (TPSA) is 67.2 Å². The Balaban J connectivity index is 1.63. The molecule has 5 rings (SSSR count). The molecule has 3 aromatic rings. The SMILES string of the molecule is CCC1C(C=O)N(C)c2cnc(-n3ccnc3-c3ccccc3)nc2N1C1CCCC1. The van der Waals surface area contributed by atoms with E-state index in [0.717, 1.165) is 48.4 Å². The molecule has 1 aromatic carbocycles. The highest BCUT2D eigenvalue weighted by Crippen LogP contribution is 2.41. The summed E-state index contributed by atoms with van der Waals surface area (Å²) in [4.78, 5) is 30.8. The first-order valence-electron chi connectivity index (χ1n) is 11.2. The van der Waals surface area contributed by atoms with Crippen molar-refractivity contribution in [1.82, 2.24) is 19.5 Å². The Morgan fingerprint density at radius 1 is 1.13 bits per heavy atom. The van der Waals surface area contributed by atoms with E-state index in [1.165, 1.54) is 12.8 Å². The fourth-order valence-electron chi connectivity index (χ4n) is 5.16. The maximum Gasteiger partial charge on any atom is 0.237 e. The summed E-state index contributed by atoms with van der Waals surface area (Å²) in [6.45, 7) is 2.16. The van der Waals surface area contributed by atoms with Crippen molar-refractivity contribution in [2.24, 2.45) is 0 Å². The number of benzene rings is 1. The number of imidazole rings is 1. The van der Waals surface area contributed by atoms with Crippen LogP contribution in [0.3, 0.4) is 0 Å². The van der Waals surface area contributed by atoms with Gasteiger partial charge in [-0.05, 0) is 19.3 Å². The zero-order valence-electron chi connectivity index (χ0n) is 18.1. The maximum atomic E-state index is 12.0. The number of hydrogen-bond donors (Lipinski definition) is 0. The highest BCUT2D eigenvalue weighted by atomic mass is 16.1. The van der Waals surface area contributed by atoms with Gasteiger partial charge in [-0.25, -0.2) is 9.97 Å². The third-order valence-electron chi connectivity index (χ3n) is 6.72. The van der Waals surface area contributed by atoms with Crippen LogP contribution in [0, 0.1) is 0 Å². The number of anilines is 2. The molecule has 0 amide bonds. The number of fused-ring (bicyclic) bond motifs is 1. The summed E-state index contributed by atoms with van der Waals surface area (Å²) in [6.07, 6.45) is 12.3. The van der Waals surface area contributed by atoms with Crippen LogP contribution in [0.1, 0.15) is 39.0 Å². The number of carbonyl (C=O) groups is 1. The molecule has 3 heterocycles. The lowest BCUT2D eigenvalue weighted by molar-refractivity contribution is -0.109. The van der Waals surface area contributed by atoms with Gasteiger partial charge in [0.25, 0.3) is 0 Å². The first-order chi connectivity index (χ1) is 15.2. The molecule has 2 atom stereocenters. The van der Waals surface area contributed by atoms with E-state index in [1.54, 1.807) is 6.20 Å². The van der Waals surface area contributed by atoms with Crippen molar-refractivity contribution in [2.45, 2.75) is 57.2 Å². The first kappa shape index (κ1) is 19.7. The van der Waals surface area contributed by atoms with E-state index in [9.17, 15) is 4.79 Å². The van der Waals surface area contributed by atoms with E-state index < -0.39 is 0 Å². The number of aldehydes is 1. The van der Waals surface area contributed by atoms with Gasteiger partial charge in [-0.1, -0.05) is 50.1 Å². The summed E-state index contributed by atoms with van der Waals surface area (Å²) in [6, 6.07) is 10.4. The molecule has 7 nitrogen and oxygen atoms in total. The molecule has 1 aliphatic carbocycles. The number of hydrogen-bond acceptors (Lipinski definition) is 6. The monoisotopic (exact) mass is 416 g/mol. The second kappa shape index (κ2) is 8.13. The molecular formula is C24H28N6O. The van der Waals surface area contributed by atoms with Gasteiger partial charge in [0.1, 0.15) is 18.2 Å². The van der Waals surface area contributed by atoms with Gasteiger partial charge in [-0.3, -0.25) is 4.57 Å². The van der Waals surface area contributed by atoms with Crippen LogP contribution in [0.25, 0.3) is 17.3 Å². The Hall–Kier alpha value is -3.22. The molecule has 0 bridgehead atoms. The van der Waals surface area contributed by atoms with E-state index >= 15 is 0 Å². The molecule has 7 heteroatoms. The molecule has 0 saturated heterocycles.